The lowest BCUT2D eigenvalue weighted by Crippen LogP contribution is -2.34. The summed E-state index contributed by atoms with van der Waals surface area (Å²) < 4.78 is 5.18. The van der Waals surface area contributed by atoms with Crippen molar-refractivity contribution in [1.82, 2.24) is 15.1 Å². The summed E-state index contributed by atoms with van der Waals surface area (Å²) in [5, 5.41) is 15.8. The molecule has 21 heavy (non-hydrogen) atoms. The number of aromatic nitrogens is 2. The van der Waals surface area contributed by atoms with Gasteiger partial charge in [-0.05, 0) is 5.56 Å². The summed E-state index contributed by atoms with van der Waals surface area (Å²) in [5.74, 6) is -1.10. The van der Waals surface area contributed by atoms with Crippen molar-refractivity contribution in [3.8, 4) is 0 Å². The van der Waals surface area contributed by atoms with Crippen molar-refractivity contribution in [2.75, 3.05) is 0 Å². The first-order valence-electron chi connectivity index (χ1n) is 6.39. The summed E-state index contributed by atoms with van der Waals surface area (Å²) in [6, 6.07) is 8.16. The standard InChI is InChI=1S/C14H13N3O4/c18-13(19)12-10-6-15-16-11(10)7-17(12)14(20)21-8-9-4-2-1-3-5-9/h1-6,12H,7-8H2,(H,15,16)(H,18,19). The first-order chi connectivity index (χ1) is 10.2. The Morgan fingerprint density at radius 3 is 2.86 bits per heavy atom. The Balaban J connectivity index is 1.70. The van der Waals surface area contributed by atoms with E-state index in [0.717, 1.165) is 5.56 Å². The van der Waals surface area contributed by atoms with Crippen LogP contribution in [0.25, 0.3) is 0 Å². The molecule has 0 radical (unpaired) electrons. The van der Waals surface area contributed by atoms with Crippen molar-refractivity contribution in [3.05, 3.63) is 53.3 Å². The van der Waals surface area contributed by atoms with Gasteiger partial charge in [0.25, 0.3) is 0 Å². The number of carbonyl (C=O) groups is 2. The third-order valence-corrected chi connectivity index (χ3v) is 3.36. The number of hydrogen-bond donors (Lipinski definition) is 2. The summed E-state index contributed by atoms with van der Waals surface area (Å²) in [4.78, 5) is 24.6. The molecule has 2 aromatic rings. The maximum atomic E-state index is 12.1. The van der Waals surface area contributed by atoms with Crippen molar-refractivity contribution in [2.45, 2.75) is 19.2 Å². The molecule has 0 fully saturated rings. The number of carbonyl (C=O) groups excluding carboxylic acids is 1. The van der Waals surface area contributed by atoms with E-state index in [9.17, 15) is 14.7 Å². The van der Waals surface area contributed by atoms with E-state index in [4.69, 9.17) is 4.74 Å². The zero-order valence-corrected chi connectivity index (χ0v) is 11.0. The molecule has 0 aliphatic carbocycles. The van der Waals surface area contributed by atoms with Crippen LogP contribution >= 0.6 is 0 Å². The SMILES string of the molecule is O=C(O)C1c2cn[nH]c2CN1C(=O)OCc1ccccc1. The number of amides is 1. The van der Waals surface area contributed by atoms with E-state index in [1.807, 2.05) is 30.3 Å². The number of rotatable bonds is 3. The van der Waals surface area contributed by atoms with Crippen LogP contribution in [0.15, 0.2) is 36.5 Å². The van der Waals surface area contributed by atoms with Gasteiger partial charge < -0.3 is 9.84 Å². The minimum Gasteiger partial charge on any atom is -0.479 e. The van der Waals surface area contributed by atoms with Gasteiger partial charge in [-0.3, -0.25) is 10.00 Å². The summed E-state index contributed by atoms with van der Waals surface area (Å²) in [6.07, 6.45) is 0.773. The third kappa shape index (κ3) is 2.45. The number of fused-ring (bicyclic) bond motifs is 1. The lowest BCUT2D eigenvalue weighted by atomic mass is 10.1. The molecule has 0 saturated heterocycles. The number of carboxylic acids is 1. The smallest absolute Gasteiger partial charge is 0.411 e. The van der Waals surface area contributed by atoms with Gasteiger partial charge in [-0.15, -0.1) is 0 Å². The van der Waals surface area contributed by atoms with E-state index in [1.54, 1.807) is 0 Å². The van der Waals surface area contributed by atoms with Crippen molar-refractivity contribution < 1.29 is 19.4 Å². The zero-order valence-electron chi connectivity index (χ0n) is 11.0. The molecule has 2 N–H and O–H groups in total. The molecule has 1 amide bonds. The van der Waals surface area contributed by atoms with Crippen LogP contribution in [0.2, 0.25) is 0 Å². The van der Waals surface area contributed by atoms with Crippen LogP contribution in [0.4, 0.5) is 4.79 Å². The predicted molar refractivity (Wildman–Crippen MR) is 71.1 cm³/mol. The van der Waals surface area contributed by atoms with Crippen LogP contribution in [0.3, 0.4) is 0 Å². The number of aromatic amines is 1. The highest BCUT2D eigenvalue weighted by atomic mass is 16.6. The maximum Gasteiger partial charge on any atom is 0.411 e. The molecule has 7 nitrogen and oxygen atoms in total. The molecule has 0 spiro atoms. The fraction of sp³-hybridized carbons (Fsp3) is 0.214. The van der Waals surface area contributed by atoms with Crippen LogP contribution in [0.5, 0.6) is 0 Å². The Labute approximate surface area is 120 Å². The monoisotopic (exact) mass is 287 g/mol. The van der Waals surface area contributed by atoms with Gasteiger partial charge in [0, 0.05) is 5.56 Å². The van der Waals surface area contributed by atoms with E-state index in [2.05, 4.69) is 10.2 Å². The highest BCUT2D eigenvalue weighted by molar-refractivity contribution is 5.83. The third-order valence-electron chi connectivity index (χ3n) is 3.36. The zero-order chi connectivity index (χ0) is 14.8. The minimum atomic E-state index is -1.10. The molecule has 7 heteroatoms. The lowest BCUT2D eigenvalue weighted by molar-refractivity contribution is -0.142. The first kappa shape index (κ1) is 13.2. The second-order valence-corrected chi connectivity index (χ2v) is 4.71. The highest BCUT2D eigenvalue weighted by Gasteiger charge is 2.40. The van der Waals surface area contributed by atoms with Crippen molar-refractivity contribution >= 4 is 12.1 Å². The number of carboxylic acid groups (broad SMARTS) is 1. The predicted octanol–water partition coefficient (Wildman–Crippen LogP) is 1.69. The number of aliphatic carboxylic acids is 1. The number of nitrogens with zero attached hydrogens (tertiary/aromatic N) is 2. The largest absolute Gasteiger partial charge is 0.479 e. The number of ether oxygens (including phenoxy) is 1. The average molecular weight is 287 g/mol. The highest BCUT2D eigenvalue weighted by Crippen LogP contribution is 2.32. The normalized spacial score (nSPS) is 16.6. The van der Waals surface area contributed by atoms with Crippen molar-refractivity contribution in [1.29, 1.82) is 0 Å². The van der Waals surface area contributed by atoms with Crippen LogP contribution < -0.4 is 0 Å². The molecule has 1 aliphatic rings. The quantitative estimate of drug-likeness (QED) is 0.895. The van der Waals surface area contributed by atoms with Gasteiger partial charge in [0.05, 0.1) is 18.4 Å². The van der Waals surface area contributed by atoms with Gasteiger partial charge in [-0.2, -0.15) is 5.10 Å². The Hall–Kier alpha value is -2.83. The van der Waals surface area contributed by atoms with Crippen LogP contribution in [0, 0.1) is 0 Å². The molecular formula is C14H13N3O4. The van der Waals surface area contributed by atoms with E-state index >= 15 is 0 Å². The fourth-order valence-corrected chi connectivity index (χ4v) is 2.35. The molecule has 108 valence electrons. The maximum absolute atomic E-state index is 12.1. The van der Waals surface area contributed by atoms with Gasteiger partial charge in [0.2, 0.25) is 0 Å². The van der Waals surface area contributed by atoms with Gasteiger partial charge in [0.1, 0.15) is 6.61 Å². The Bertz CT molecular complexity index is 668. The minimum absolute atomic E-state index is 0.106. The molecule has 0 saturated carbocycles. The van der Waals surface area contributed by atoms with Gasteiger partial charge >= 0.3 is 12.1 Å². The summed E-state index contributed by atoms with van der Waals surface area (Å²) in [5.41, 5.74) is 1.97. The molecule has 1 aromatic heterocycles. The molecule has 1 aromatic carbocycles. The van der Waals surface area contributed by atoms with Crippen LogP contribution in [-0.2, 0) is 22.7 Å². The molecule has 3 rings (SSSR count). The molecule has 1 unspecified atom stereocenters. The van der Waals surface area contributed by atoms with Gasteiger partial charge in [-0.1, -0.05) is 30.3 Å². The summed E-state index contributed by atoms with van der Waals surface area (Å²) in [6.45, 7) is 0.259. The second kappa shape index (κ2) is 5.28. The van der Waals surface area contributed by atoms with Crippen molar-refractivity contribution in [3.63, 3.8) is 0 Å². The Morgan fingerprint density at radius 2 is 2.14 bits per heavy atom. The topological polar surface area (TPSA) is 95.5 Å². The average Bonchev–Trinajstić information content (AvgIpc) is 3.05. The summed E-state index contributed by atoms with van der Waals surface area (Å²) >= 11 is 0. The van der Waals surface area contributed by atoms with E-state index < -0.39 is 18.1 Å². The molecule has 1 atom stereocenters. The second-order valence-electron chi connectivity index (χ2n) is 4.71. The molecule has 1 aliphatic heterocycles. The van der Waals surface area contributed by atoms with Crippen molar-refractivity contribution in [2.24, 2.45) is 0 Å². The van der Waals surface area contributed by atoms with Gasteiger partial charge in [0.15, 0.2) is 6.04 Å². The van der Waals surface area contributed by atoms with Crippen LogP contribution in [-0.4, -0.2) is 32.3 Å². The summed E-state index contributed by atoms with van der Waals surface area (Å²) in [7, 11) is 0. The van der Waals surface area contributed by atoms with E-state index in [1.165, 1.54) is 11.1 Å². The van der Waals surface area contributed by atoms with E-state index in [0.29, 0.717) is 11.3 Å². The number of hydrogen-bond acceptors (Lipinski definition) is 4. The van der Waals surface area contributed by atoms with E-state index in [-0.39, 0.29) is 13.2 Å². The Morgan fingerprint density at radius 1 is 1.38 bits per heavy atom. The fourth-order valence-electron chi connectivity index (χ4n) is 2.35. The number of H-pyrrole nitrogens is 1. The first-order valence-corrected chi connectivity index (χ1v) is 6.39. The number of nitrogens with one attached hydrogen (secondary N) is 1. The molecular weight excluding hydrogens is 274 g/mol. The number of benzene rings is 1. The van der Waals surface area contributed by atoms with Gasteiger partial charge in [-0.25, -0.2) is 9.59 Å². The molecule has 0 bridgehead atoms. The lowest BCUT2D eigenvalue weighted by Gasteiger charge is -2.21. The van der Waals surface area contributed by atoms with Crippen LogP contribution in [0.1, 0.15) is 22.9 Å². The molecule has 2 heterocycles. The Kier molecular flexibility index (Phi) is 3.31.